The minimum Gasteiger partial charge on any atom is -0.298 e. The van der Waals surface area contributed by atoms with Gasteiger partial charge in [-0.25, -0.2) is 9.37 Å². The molecule has 1 N–H and O–H groups in total. The van der Waals surface area contributed by atoms with E-state index in [9.17, 15) is 9.18 Å². The second-order valence-electron chi connectivity index (χ2n) is 5.37. The summed E-state index contributed by atoms with van der Waals surface area (Å²) in [6, 6.07) is 3.95. The number of hydrogen-bond acceptors (Lipinski definition) is 3. The van der Waals surface area contributed by atoms with E-state index in [1.807, 2.05) is 5.38 Å². The summed E-state index contributed by atoms with van der Waals surface area (Å²) in [6.07, 6.45) is 0. The highest BCUT2D eigenvalue weighted by Gasteiger charge is 2.19. The van der Waals surface area contributed by atoms with Crippen LogP contribution >= 0.6 is 27.3 Å². The molecule has 1 aromatic carbocycles. The van der Waals surface area contributed by atoms with Gasteiger partial charge >= 0.3 is 0 Å². The fraction of sp³-hybridized carbons (Fsp3) is 0.286. The van der Waals surface area contributed by atoms with Gasteiger partial charge in [-0.1, -0.05) is 20.8 Å². The van der Waals surface area contributed by atoms with Gasteiger partial charge in [-0.15, -0.1) is 11.3 Å². The summed E-state index contributed by atoms with van der Waals surface area (Å²) >= 11 is 4.56. The highest BCUT2D eigenvalue weighted by molar-refractivity contribution is 9.10. The van der Waals surface area contributed by atoms with Gasteiger partial charge in [0, 0.05) is 15.3 Å². The lowest BCUT2D eigenvalue weighted by atomic mass is 9.93. The van der Waals surface area contributed by atoms with Crippen molar-refractivity contribution < 1.29 is 9.18 Å². The van der Waals surface area contributed by atoms with Crippen LogP contribution in [0.25, 0.3) is 0 Å². The number of carbonyl (C=O) groups excluding carboxylic acids is 1. The van der Waals surface area contributed by atoms with E-state index in [-0.39, 0.29) is 11.3 Å². The van der Waals surface area contributed by atoms with Crippen molar-refractivity contribution in [3.05, 3.63) is 45.1 Å². The molecule has 0 saturated carbocycles. The van der Waals surface area contributed by atoms with Crippen molar-refractivity contribution in [2.75, 3.05) is 5.32 Å². The molecule has 2 rings (SSSR count). The van der Waals surface area contributed by atoms with E-state index in [1.54, 1.807) is 0 Å². The highest BCUT2D eigenvalue weighted by atomic mass is 79.9. The van der Waals surface area contributed by atoms with Crippen LogP contribution in [0.4, 0.5) is 9.52 Å². The zero-order valence-electron chi connectivity index (χ0n) is 11.3. The van der Waals surface area contributed by atoms with E-state index >= 15 is 0 Å². The Kier molecular flexibility index (Phi) is 4.25. The molecule has 0 bridgehead atoms. The van der Waals surface area contributed by atoms with Crippen LogP contribution in [0.2, 0.25) is 0 Å². The van der Waals surface area contributed by atoms with Crippen LogP contribution < -0.4 is 5.32 Å². The van der Waals surface area contributed by atoms with Crippen molar-refractivity contribution in [3.63, 3.8) is 0 Å². The summed E-state index contributed by atoms with van der Waals surface area (Å²) in [6.45, 7) is 6.18. The number of anilines is 1. The van der Waals surface area contributed by atoms with E-state index in [1.165, 1.54) is 29.5 Å². The minimum atomic E-state index is -0.391. The van der Waals surface area contributed by atoms with E-state index < -0.39 is 5.82 Å². The summed E-state index contributed by atoms with van der Waals surface area (Å²) in [4.78, 5) is 16.5. The molecule has 106 valence electrons. The van der Waals surface area contributed by atoms with Gasteiger partial charge in [0.2, 0.25) is 0 Å². The Morgan fingerprint density at radius 3 is 2.65 bits per heavy atom. The summed E-state index contributed by atoms with van der Waals surface area (Å²) in [7, 11) is 0. The molecule has 0 aliphatic heterocycles. The molecule has 0 fully saturated rings. The average Bonchev–Trinajstić information content (AvgIpc) is 2.76. The number of rotatable bonds is 2. The normalized spacial score (nSPS) is 11.4. The molecular formula is C14H14BrFN2OS. The number of benzene rings is 1. The topological polar surface area (TPSA) is 42.0 Å². The van der Waals surface area contributed by atoms with Crippen LogP contribution in [0.5, 0.6) is 0 Å². The molecule has 0 aliphatic carbocycles. The van der Waals surface area contributed by atoms with E-state index in [0.717, 1.165) is 5.69 Å². The molecule has 3 nitrogen and oxygen atoms in total. The van der Waals surface area contributed by atoms with Crippen molar-refractivity contribution in [1.82, 2.24) is 4.98 Å². The molecule has 6 heteroatoms. The molecule has 1 amide bonds. The molecule has 2 aromatic rings. The number of carbonyl (C=O) groups is 1. The zero-order chi connectivity index (χ0) is 14.9. The van der Waals surface area contributed by atoms with Crippen LogP contribution in [0.1, 0.15) is 36.8 Å². The van der Waals surface area contributed by atoms with Crippen molar-refractivity contribution in [1.29, 1.82) is 0 Å². The van der Waals surface area contributed by atoms with Crippen LogP contribution in [0.3, 0.4) is 0 Å². The van der Waals surface area contributed by atoms with Crippen molar-refractivity contribution >= 4 is 38.3 Å². The van der Waals surface area contributed by atoms with Crippen LogP contribution in [0.15, 0.2) is 28.1 Å². The first-order valence-electron chi connectivity index (χ1n) is 6.00. The third-order valence-electron chi connectivity index (χ3n) is 2.67. The minimum absolute atomic E-state index is 0.0596. The predicted octanol–water partition coefficient (Wildman–Crippen LogP) is 4.59. The second kappa shape index (κ2) is 5.61. The first-order valence-corrected chi connectivity index (χ1v) is 7.67. The standard InChI is InChI=1S/C14H14BrFN2OS/c1-14(2,3)11-7-20-13(17-11)18-12(19)9-5-4-8(16)6-10(9)15/h4-7H,1-3H3,(H,17,18,19). The Balaban J connectivity index is 2.17. The third kappa shape index (κ3) is 3.43. The molecule has 0 aliphatic rings. The largest absolute Gasteiger partial charge is 0.298 e. The fourth-order valence-corrected chi connectivity index (χ4v) is 2.98. The lowest BCUT2D eigenvalue weighted by Crippen LogP contribution is -2.14. The Hall–Kier alpha value is -1.27. The van der Waals surface area contributed by atoms with Crippen LogP contribution in [0, 0.1) is 5.82 Å². The van der Waals surface area contributed by atoms with Crippen molar-refractivity contribution in [2.24, 2.45) is 0 Å². The third-order valence-corrected chi connectivity index (χ3v) is 4.08. The second-order valence-corrected chi connectivity index (χ2v) is 7.08. The van der Waals surface area contributed by atoms with Gasteiger partial charge in [0.1, 0.15) is 5.82 Å². The quantitative estimate of drug-likeness (QED) is 0.854. The maximum atomic E-state index is 13.0. The lowest BCUT2D eigenvalue weighted by Gasteiger charge is -2.14. The molecule has 20 heavy (non-hydrogen) atoms. The molecular weight excluding hydrogens is 343 g/mol. The van der Waals surface area contributed by atoms with Gasteiger partial charge in [0.15, 0.2) is 5.13 Å². The fourth-order valence-electron chi connectivity index (χ4n) is 1.51. The highest BCUT2D eigenvalue weighted by Crippen LogP contribution is 2.27. The first-order chi connectivity index (χ1) is 9.27. The lowest BCUT2D eigenvalue weighted by molar-refractivity contribution is 0.102. The van der Waals surface area contributed by atoms with E-state index in [0.29, 0.717) is 15.2 Å². The molecule has 1 aromatic heterocycles. The van der Waals surface area contributed by atoms with Gasteiger partial charge in [-0.2, -0.15) is 0 Å². The monoisotopic (exact) mass is 356 g/mol. The molecule has 0 unspecified atom stereocenters. The van der Waals surface area contributed by atoms with E-state index in [4.69, 9.17) is 0 Å². The van der Waals surface area contributed by atoms with Crippen LogP contribution in [-0.4, -0.2) is 10.9 Å². The number of halogens is 2. The summed E-state index contributed by atoms with van der Waals surface area (Å²) < 4.78 is 13.4. The molecule has 0 radical (unpaired) electrons. The number of amides is 1. The molecule has 0 spiro atoms. The average molecular weight is 357 g/mol. The first kappa shape index (κ1) is 15.1. The maximum absolute atomic E-state index is 13.0. The van der Waals surface area contributed by atoms with Gasteiger partial charge in [0.05, 0.1) is 11.3 Å². The number of thiazole rings is 1. The van der Waals surface area contributed by atoms with Gasteiger partial charge in [-0.05, 0) is 34.1 Å². The van der Waals surface area contributed by atoms with Crippen molar-refractivity contribution in [3.8, 4) is 0 Å². The Labute approximate surface area is 129 Å². The SMILES string of the molecule is CC(C)(C)c1csc(NC(=O)c2ccc(F)cc2Br)n1. The smallest absolute Gasteiger partial charge is 0.258 e. The Morgan fingerprint density at radius 2 is 2.10 bits per heavy atom. The molecule has 1 heterocycles. The Bertz CT molecular complexity index is 649. The summed E-state index contributed by atoms with van der Waals surface area (Å²) in [5, 5.41) is 5.19. The predicted molar refractivity (Wildman–Crippen MR) is 82.9 cm³/mol. The zero-order valence-corrected chi connectivity index (χ0v) is 13.7. The van der Waals surface area contributed by atoms with Gasteiger partial charge < -0.3 is 0 Å². The number of aromatic nitrogens is 1. The number of hydrogen-bond donors (Lipinski definition) is 1. The van der Waals surface area contributed by atoms with Crippen LogP contribution in [-0.2, 0) is 5.41 Å². The molecule has 0 saturated heterocycles. The summed E-state index contributed by atoms with van der Waals surface area (Å²) in [5.41, 5.74) is 1.24. The summed E-state index contributed by atoms with van der Waals surface area (Å²) in [5.74, 6) is -0.704. The Morgan fingerprint density at radius 1 is 1.40 bits per heavy atom. The number of nitrogens with zero attached hydrogens (tertiary/aromatic N) is 1. The van der Waals surface area contributed by atoms with Gasteiger partial charge in [-0.3, -0.25) is 10.1 Å². The molecule has 0 atom stereocenters. The van der Waals surface area contributed by atoms with E-state index in [2.05, 4.69) is 47.0 Å². The maximum Gasteiger partial charge on any atom is 0.258 e. The van der Waals surface area contributed by atoms with Crippen molar-refractivity contribution in [2.45, 2.75) is 26.2 Å². The number of nitrogens with one attached hydrogen (secondary N) is 1. The van der Waals surface area contributed by atoms with Gasteiger partial charge in [0.25, 0.3) is 5.91 Å².